The number of aromatic nitrogens is 4. The summed E-state index contributed by atoms with van der Waals surface area (Å²) in [6, 6.07) is 4.02. The fourth-order valence-electron chi connectivity index (χ4n) is 1.85. The van der Waals surface area contributed by atoms with Crippen LogP contribution < -0.4 is 0 Å². The minimum absolute atomic E-state index is 0.265. The van der Waals surface area contributed by atoms with Crippen molar-refractivity contribution in [1.82, 2.24) is 19.6 Å². The van der Waals surface area contributed by atoms with E-state index < -0.39 is 0 Å². The van der Waals surface area contributed by atoms with E-state index in [2.05, 4.69) is 15.2 Å². The van der Waals surface area contributed by atoms with Crippen LogP contribution in [0, 0.1) is 18.7 Å². The number of H-pyrrole nitrogens is 1. The fraction of sp³-hybridized carbons (Fsp3) is 0.182. The molecule has 3 rings (SSSR count). The summed E-state index contributed by atoms with van der Waals surface area (Å²) < 4.78 is 7.28. The third-order valence-electron chi connectivity index (χ3n) is 2.60. The third-order valence-corrected chi connectivity index (χ3v) is 2.77. The lowest BCUT2D eigenvalue weighted by Gasteiger charge is -1.98. The highest BCUT2D eigenvalue weighted by Crippen LogP contribution is 2.23. The number of rotatable bonds is 1. The Morgan fingerprint density at radius 3 is 2.94 bits per heavy atom. The summed E-state index contributed by atoms with van der Waals surface area (Å²) in [5, 5.41) is 6.65. The lowest BCUT2D eigenvalue weighted by molar-refractivity contribution is 0.549. The minimum atomic E-state index is 0.265. The molecule has 6 heteroatoms. The minimum Gasteiger partial charge on any atom is -0.408 e. The molecule has 0 spiro atoms. The van der Waals surface area contributed by atoms with Crippen LogP contribution in [0.15, 0.2) is 22.7 Å². The van der Waals surface area contributed by atoms with Crippen LogP contribution in [0.2, 0.25) is 0 Å². The van der Waals surface area contributed by atoms with Crippen molar-refractivity contribution in [3.63, 3.8) is 0 Å². The van der Waals surface area contributed by atoms with E-state index >= 15 is 0 Å². The lowest BCUT2D eigenvalue weighted by Crippen LogP contribution is -1.89. The Hall–Kier alpha value is -1.95. The second-order valence-corrected chi connectivity index (χ2v) is 4.27. The third kappa shape index (κ3) is 1.57. The van der Waals surface area contributed by atoms with Crippen LogP contribution in [0.25, 0.3) is 17.2 Å². The molecule has 0 amide bonds. The van der Waals surface area contributed by atoms with Gasteiger partial charge in [0.15, 0.2) is 0 Å². The van der Waals surface area contributed by atoms with Gasteiger partial charge in [-0.15, -0.1) is 5.10 Å². The van der Waals surface area contributed by atoms with Gasteiger partial charge in [-0.1, -0.05) is 0 Å². The zero-order valence-electron chi connectivity index (χ0n) is 9.39. The number of hydrogen-bond donors (Lipinski definition) is 1. The highest BCUT2D eigenvalue weighted by molar-refractivity contribution is 7.71. The number of pyridine rings is 1. The first-order valence-corrected chi connectivity index (χ1v) is 5.57. The average molecular weight is 246 g/mol. The van der Waals surface area contributed by atoms with Crippen LogP contribution in [0.3, 0.4) is 0 Å². The molecule has 5 nitrogen and oxygen atoms in total. The summed E-state index contributed by atoms with van der Waals surface area (Å²) in [5.74, 6) is 0.462. The van der Waals surface area contributed by atoms with Gasteiger partial charge in [0.25, 0.3) is 10.7 Å². The largest absolute Gasteiger partial charge is 0.408 e. The summed E-state index contributed by atoms with van der Waals surface area (Å²) >= 11 is 4.88. The van der Waals surface area contributed by atoms with Gasteiger partial charge in [0, 0.05) is 6.20 Å². The molecule has 0 radical (unpaired) electrons. The number of hydrogen-bond acceptors (Lipinski definition) is 4. The maximum Gasteiger partial charge on any atom is 0.284 e. The average Bonchev–Trinajstić information content (AvgIpc) is 2.80. The molecule has 0 bridgehead atoms. The normalized spacial score (nSPS) is 11.2. The Bertz CT molecular complexity index is 752. The van der Waals surface area contributed by atoms with E-state index in [4.69, 9.17) is 16.6 Å². The molecule has 0 saturated heterocycles. The first kappa shape index (κ1) is 10.2. The molecule has 86 valence electrons. The van der Waals surface area contributed by atoms with Crippen molar-refractivity contribution in [3.8, 4) is 11.6 Å². The molecule has 0 unspecified atom stereocenters. The molecular weight excluding hydrogens is 236 g/mol. The molecule has 17 heavy (non-hydrogen) atoms. The highest BCUT2D eigenvalue weighted by Gasteiger charge is 2.15. The van der Waals surface area contributed by atoms with Crippen molar-refractivity contribution in [2.24, 2.45) is 0 Å². The van der Waals surface area contributed by atoms with E-state index in [1.807, 2.05) is 36.6 Å². The van der Waals surface area contributed by atoms with Crippen LogP contribution >= 0.6 is 12.2 Å². The lowest BCUT2D eigenvalue weighted by atomic mass is 10.3. The van der Waals surface area contributed by atoms with Crippen LogP contribution in [0.4, 0.5) is 0 Å². The zero-order chi connectivity index (χ0) is 12.0. The smallest absolute Gasteiger partial charge is 0.284 e. The van der Waals surface area contributed by atoms with Crippen molar-refractivity contribution in [2.45, 2.75) is 13.8 Å². The molecule has 0 saturated carbocycles. The summed E-state index contributed by atoms with van der Waals surface area (Å²) in [6.45, 7) is 3.95. The van der Waals surface area contributed by atoms with Gasteiger partial charge in [0.2, 0.25) is 0 Å². The van der Waals surface area contributed by atoms with Crippen LogP contribution in [0.1, 0.15) is 11.3 Å². The standard InChI is InChI=1S/C11H10N4OS/c1-6-3-4-15-8(5-6)12-7(2)9(15)10-13-14-11(17)16-10/h3-5H,1-2H3,(H,14,17). The van der Waals surface area contributed by atoms with Crippen molar-refractivity contribution >= 4 is 17.9 Å². The van der Waals surface area contributed by atoms with Crippen molar-refractivity contribution < 1.29 is 4.42 Å². The fourth-order valence-corrected chi connectivity index (χ4v) is 1.98. The monoisotopic (exact) mass is 246 g/mol. The Morgan fingerprint density at radius 1 is 1.41 bits per heavy atom. The molecule has 3 aromatic heterocycles. The second kappa shape index (κ2) is 3.53. The maximum atomic E-state index is 5.33. The Balaban J connectivity index is 2.36. The van der Waals surface area contributed by atoms with E-state index in [9.17, 15) is 0 Å². The van der Waals surface area contributed by atoms with E-state index in [0.29, 0.717) is 5.89 Å². The molecular formula is C11H10N4OS. The SMILES string of the molecule is Cc1ccn2c(-c3n[nH]c(=S)o3)c(C)nc2c1. The Kier molecular flexibility index (Phi) is 2.12. The quantitative estimate of drug-likeness (QED) is 0.671. The molecule has 0 atom stereocenters. The number of fused-ring (bicyclic) bond motifs is 1. The Labute approximate surface area is 102 Å². The summed E-state index contributed by atoms with van der Waals surface area (Å²) in [6.07, 6.45) is 1.95. The summed E-state index contributed by atoms with van der Waals surface area (Å²) in [7, 11) is 0. The van der Waals surface area contributed by atoms with E-state index in [-0.39, 0.29) is 4.84 Å². The van der Waals surface area contributed by atoms with Crippen LogP contribution in [0.5, 0.6) is 0 Å². The molecule has 0 aliphatic carbocycles. The number of aromatic amines is 1. The van der Waals surface area contributed by atoms with Crippen LogP contribution in [-0.4, -0.2) is 19.6 Å². The van der Waals surface area contributed by atoms with E-state index in [0.717, 1.165) is 22.6 Å². The van der Waals surface area contributed by atoms with Gasteiger partial charge in [0.1, 0.15) is 11.3 Å². The van der Waals surface area contributed by atoms with Crippen LogP contribution in [-0.2, 0) is 0 Å². The Morgan fingerprint density at radius 2 is 2.24 bits per heavy atom. The van der Waals surface area contributed by atoms with Crippen molar-refractivity contribution in [3.05, 3.63) is 34.4 Å². The number of nitrogens with zero attached hydrogens (tertiary/aromatic N) is 3. The number of aryl methyl sites for hydroxylation is 2. The highest BCUT2D eigenvalue weighted by atomic mass is 32.1. The topological polar surface area (TPSA) is 59.1 Å². The van der Waals surface area contributed by atoms with Crippen molar-refractivity contribution in [2.75, 3.05) is 0 Å². The first-order chi connectivity index (χ1) is 8.15. The summed E-state index contributed by atoms with van der Waals surface area (Å²) in [4.78, 5) is 4.74. The van der Waals surface area contributed by atoms with E-state index in [1.54, 1.807) is 0 Å². The zero-order valence-corrected chi connectivity index (χ0v) is 10.2. The van der Waals surface area contributed by atoms with Gasteiger partial charge in [-0.05, 0) is 43.8 Å². The molecule has 1 N–H and O–H groups in total. The molecule has 3 heterocycles. The first-order valence-electron chi connectivity index (χ1n) is 5.16. The van der Waals surface area contributed by atoms with Gasteiger partial charge < -0.3 is 4.42 Å². The molecule has 0 aromatic carbocycles. The molecule has 3 aromatic rings. The second-order valence-electron chi connectivity index (χ2n) is 3.90. The van der Waals surface area contributed by atoms with Gasteiger partial charge in [-0.3, -0.25) is 4.40 Å². The molecule has 0 aliphatic heterocycles. The van der Waals surface area contributed by atoms with Gasteiger partial charge >= 0.3 is 0 Å². The van der Waals surface area contributed by atoms with E-state index in [1.165, 1.54) is 0 Å². The van der Waals surface area contributed by atoms with Crippen molar-refractivity contribution in [1.29, 1.82) is 0 Å². The predicted molar refractivity (Wildman–Crippen MR) is 65.3 cm³/mol. The number of imidazole rings is 1. The molecule has 0 fully saturated rings. The maximum absolute atomic E-state index is 5.33. The predicted octanol–water partition coefficient (Wildman–Crippen LogP) is 2.66. The molecule has 0 aliphatic rings. The number of nitrogens with one attached hydrogen (secondary N) is 1. The van der Waals surface area contributed by atoms with Gasteiger partial charge in [-0.25, -0.2) is 10.1 Å². The van der Waals surface area contributed by atoms with Gasteiger partial charge in [0.05, 0.1) is 5.69 Å². The van der Waals surface area contributed by atoms with Gasteiger partial charge in [-0.2, -0.15) is 0 Å². The summed E-state index contributed by atoms with van der Waals surface area (Å²) in [5.41, 5.74) is 3.73.